The Labute approximate surface area is 396 Å². The molecule has 372 valence electrons. The number of anilines is 4. The van der Waals surface area contributed by atoms with Gasteiger partial charge >= 0.3 is 24.5 Å². The highest BCUT2D eigenvalue weighted by Gasteiger charge is 2.39. The van der Waals surface area contributed by atoms with E-state index < -0.39 is 58.6 Å². The number of imidazole rings is 2. The molecule has 0 aliphatic carbocycles. The number of aryl methyl sites for hydroxylation is 2. The van der Waals surface area contributed by atoms with Crippen molar-refractivity contribution in [2.24, 2.45) is 0 Å². The minimum atomic E-state index is -4.58. The second kappa shape index (κ2) is 20.0. The average Bonchev–Trinajstić information content (AvgIpc) is 3.81. The summed E-state index contributed by atoms with van der Waals surface area (Å²) in [5.74, 6) is -1.27. The first-order chi connectivity index (χ1) is 33.0. The zero-order valence-electron chi connectivity index (χ0n) is 38.4. The lowest BCUT2D eigenvalue weighted by Gasteiger charge is -2.41. The van der Waals surface area contributed by atoms with E-state index in [9.17, 15) is 55.7 Å². The minimum absolute atomic E-state index is 0.105. The molecule has 0 saturated carbocycles. The Kier molecular flexibility index (Phi) is 14.5. The number of hydrogen-bond acceptors (Lipinski definition) is 10. The number of benzene rings is 4. The van der Waals surface area contributed by atoms with Gasteiger partial charge in [0.05, 0.1) is 46.4 Å². The number of aliphatic hydroxyl groups excluding tert-OH is 2. The lowest BCUT2D eigenvalue weighted by atomic mass is 9.97. The quantitative estimate of drug-likeness (QED) is 0.0858. The second-order valence-corrected chi connectivity index (χ2v) is 17.8. The van der Waals surface area contributed by atoms with Gasteiger partial charge in [0.2, 0.25) is 11.9 Å². The number of amides is 4. The predicted octanol–water partition coefficient (Wildman–Crippen LogP) is 9.63. The predicted molar refractivity (Wildman–Crippen MR) is 247 cm³/mol. The van der Waals surface area contributed by atoms with Crippen molar-refractivity contribution in [2.45, 2.75) is 89.9 Å². The van der Waals surface area contributed by atoms with Gasteiger partial charge in [0.1, 0.15) is 0 Å². The molecule has 0 unspecified atom stereocenters. The van der Waals surface area contributed by atoms with E-state index in [0.717, 1.165) is 36.4 Å². The molecular weight excluding hydrogens is 931 g/mol. The number of nitrogens with one attached hydrogen (secondary N) is 2. The maximum atomic E-state index is 13.1. The summed E-state index contributed by atoms with van der Waals surface area (Å²) in [5, 5.41) is 23.8. The van der Waals surface area contributed by atoms with Crippen molar-refractivity contribution in [3.05, 3.63) is 107 Å². The molecule has 0 radical (unpaired) electrons. The largest absolute Gasteiger partial charge is 0.449 e. The Morgan fingerprint density at radius 1 is 0.614 bits per heavy atom. The molecule has 2 saturated heterocycles. The van der Waals surface area contributed by atoms with Crippen LogP contribution in [0.1, 0.15) is 85.2 Å². The van der Waals surface area contributed by atoms with Crippen LogP contribution in [0, 0.1) is 0 Å². The number of aromatic nitrogens is 4. The summed E-state index contributed by atoms with van der Waals surface area (Å²) in [4.78, 5) is 62.6. The van der Waals surface area contributed by atoms with Crippen molar-refractivity contribution in [3.8, 4) is 0 Å². The van der Waals surface area contributed by atoms with Gasteiger partial charge < -0.3 is 28.8 Å². The summed E-state index contributed by atoms with van der Waals surface area (Å²) in [5.41, 5.74) is 0.167. The van der Waals surface area contributed by atoms with Crippen LogP contribution in [0.3, 0.4) is 0 Å². The number of fused-ring (bicyclic) bond motifs is 2. The minimum Gasteiger partial charge on any atom is -0.449 e. The summed E-state index contributed by atoms with van der Waals surface area (Å²) < 4.78 is 92.1. The molecule has 16 nitrogen and oxygen atoms in total. The van der Waals surface area contributed by atoms with E-state index in [4.69, 9.17) is 9.47 Å². The van der Waals surface area contributed by atoms with Gasteiger partial charge in [0.25, 0.3) is 11.8 Å². The second-order valence-electron chi connectivity index (χ2n) is 17.8. The molecule has 0 spiro atoms. The molecule has 0 bridgehead atoms. The van der Waals surface area contributed by atoms with Crippen LogP contribution >= 0.6 is 0 Å². The Morgan fingerprint density at radius 3 is 1.51 bits per heavy atom. The van der Waals surface area contributed by atoms with E-state index in [1.807, 2.05) is 27.7 Å². The van der Waals surface area contributed by atoms with Crippen LogP contribution in [-0.2, 0) is 34.9 Å². The molecule has 2 aromatic heterocycles. The van der Waals surface area contributed by atoms with E-state index in [1.54, 1.807) is 55.3 Å². The number of aliphatic hydroxyl groups is 2. The Morgan fingerprint density at radius 2 is 1.06 bits per heavy atom. The van der Waals surface area contributed by atoms with E-state index in [-0.39, 0.29) is 42.8 Å². The van der Waals surface area contributed by atoms with Gasteiger partial charge in [-0.2, -0.15) is 26.3 Å². The van der Waals surface area contributed by atoms with Crippen LogP contribution in [0.2, 0.25) is 0 Å². The van der Waals surface area contributed by atoms with Crippen LogP contribution in [0.5, 0.6) is 0 Å². The topological polar surface area (TPSA) is 193 Å². The number of hydrogen-bond donors (Lipinski definition) is 4. The zero-order chi connectivity index (χ0) is 50.8. The van der Waals surface area contributed by atoms with Crippen molar-refractivity contribution in [2.75, 3.05) is 46.9 Å². The number of carbonyl (C=O) groups is 4. The molecule has 0 atom stereocenters. The first kappa shape index (κ1) is 50.7. The zero-order valence-corrected chi connectivity index (χ0v) is 38.4. The number of carbonyl (C=O) groups excluding carboxylic acids is 4. The van der Waals surface area contributed by atoms with Crippen LogP contribution in [0.4, 0.5) is 59.2 Å². The van der Waals surface area contributed by atoms with Crippen LogP contribution in [0.15, 0.2) is 84.9 Å². The van der Waals surface area contributed by atoms with Crippen molar-refractivity contribution in [1.29, 1.82) is 0 Å². The molecule has 2 fully saturated rings. The third kappa shape index (κ3) is 11.0. The molecule has 2 aliphatic heterocycles. The maximum absolute atomic E-state index is 13.1. The Bertz CT molecular complexity index is 2860. The Balaban J connectivity index is 0.000000206. The van der Waals surface area contributed by atoms with Crippen molar-refractivity contribution < 1.29 is 65.2 Å². The monoisotopic (exact) mass is 980 g/mol. The molecule has 4 N–H and O–H groups in total. The molecule has 6 aromatic rings. The number of cyclic esters (lactones) is 2. The molecular formula is C48H50F6N8O8. The fourth-order valence-electron chi connectivity index (χ4n) is 8.16. The van der Waals surface area contributed by atoms with Crippen LogP contribution < -0.4 is 20.4 Å². The SMILES string of the molecule is CC1(C)CCOC(=O)N1c1ccc2c(c1)nc(NC(=O)c1cccc(C(F)(F)F)c1)n2CCCO.CC1(C)CCOC(=O)N1c1ccc2nc(NC(=O)c3cccc(C(F)(F)F)c3)n(CCCO)c2c1. The highest BCUT2D eigenvalue weighted by atomic mass is 19.4. The molecule has 2 aliphatic rings. The van der Waals surface area contributed by atoms with Gasteiger partial charge in [-0.15, -0.1) is 0 Å². The van der Waals surface area contributed by atoms with E-state index in [1.165, 1.54) is 12.1 Å². The van der Waals surface area contributed by atoms with E-state index in [0.29, 0.717) is 78.9 Å². The number of ether oxygens (including phenoxy) is 2. The number of rotatable bonds is 12. The molecule has 70 heavy (non-hydrogen) atoms. The van der Waals surface area contributed by atoms with Gasteiger partial charge in [0, 0.05) is 72.7 Å². The third-order valence-corrected chi connectivity index (χ3v) is 11.9. The number of alkyl halides is 6. The Hall–Kier alpha value is -7.20. The molecule has 4 heterocycles. The van der Waals surface area contributed by atoms with Gasteiger partial charge in [-0.05, 0) is 113 Å². The normalized spacial score (nSPS) is 15.8. The van der Waals surface area contributed by atoms with Crippen molar-refractivity contribution in [3.63, 3.8) is 0 Å². The van der Waals surface area contributed by atoms with Crippen LogP contribution in [0.25, 0.3) is 22.1 Å². The van der Waals surface area contributed by atoms with E-state index >= 15 is 0 Å². The first-order valence-corrected chi connectivity index (χ1v) is 22.2. The molecule has 4 amide bonds. The van der Waals surface area contributed by atoms with E-state index in [2.05, 4.69) is 20.6 Å². The lowest BCUT2D eigenvalue weighted by Crippen LogP contribution is -2.52. The van der Waals surface area contributed by atoms with Gasteiger partial charge in [-0.1, -0.05) is 12.1 Å². The summed E-state index contributed by atoms with van der Waals surface area (Å²) >= 11 is 0. The fourth-order valence-corrected chi connectivity index (χ4v) is 8.16. The lowest BCUT2D eigenvalue weighted by molar-refractivity contribution is -0.138. The third-order valence-electron chi connectivity index (χ3n) is 11.9. The first-order valence-electron chi connectivity index (χ1n) is 22.2. The smallest absolute Gasteiger partial charge is 0.416 e. The summed E-state index contributed by atoms with van der Waals surface area (Å²) in [6, 6.07) is 18.6. The number of nitrogens with zero attached hydrogens (tertiary/aromatic N) is 6. The van der Waals surface area contributed by atoms with Crippen molar-refractivity contribution >= 4 is 69.3 Å². The van der Waals surface area contributed by atoms with Gasteiger partial charge in [0.15, 0.2) is 0 Å². The molecule has 4 aromatic carbocycles. The fraction of sp³-hybridized carbons (Fsp3) is 0.375. The summed E-state index contributed by atoms with van der Waals surface area (Å²) in [6.45, 7) is 8.73. The number of halogens is 6. The van der Waals surface area contributed by atoms with Crippen LogP contribution in [-0.4, -0.2) is 90.8 Å². The summed E-state index contributed by atoms with van der Waals surface area (Å²) in [6.07, 6.45) is -8.11. The van der Waals surface area contributed by atoms with Crippen molar-refractivity contribution in [1.82, 2.24) is 19.1 Å². The van der Waals surface area contributed by atoms with Gasteiger partial charge in [-0.3, -0.25) is 30.0 Å². The standard InChI is InChI=1S/2C24H25F3N4O4/c1-23(2)9-12-35-22(34)31(23)17-7-8-19-18(14-17)28-21(30(19)10-4-11-32)29-20(33)15-5-3-6-16(13-15)24(25,26)27;1-23(2)9-12-35-22(34)31(23)17-7-8-18-19(14-17)30(10-4-11-32)21(28-18)29-20(33)15-5-3-6-16(13-15)24(25,26)27/h2*3,5-8,13-14,32H,4,9-12H2,1-2H3,(H,28,29,33). The highest BCUT2D eigenvalue weighted by molar-refractivity contribution is 6.05. The highest BCUT2D eigenvalue weighted by Crippen LogP contribution is 2.37. The summed E-state index contributed by atoms with van der Waals surface area (Å²) in [7, 11) is 0. The van der Waals surface area contributed by atoms with Gasteiger partial charge in [-0.25, -0.2) is 19.6 Å². The molecule has 22 heteroatoms. The average molecular weight is 981 g/mol. The molecule has 8 rings (SSSR count). The maximum Gasteiger partial charge on any atom is 0.416 e.